The second-order valence-corrected chi connectivity index (χ2v) is 7.46. The van der Waals surface area contributed by atoms with Gasteiger partial charge in [0, 0.05) is 36.3 Å². The van der Waals surface area contributed by atoms with Crippen molar-refractivity contribution >= 4 is 27.5 Å². The van der Waals surface area contributed by atoms with E-state index < -0.39 is 15.9 Å². The monoisotopic (exact) mass is 383 g/mol. The molecule has 2 N–H and O–H groups in total. The van der Waals surface area contributed by atoms with E-state index in [0.29, 0.717) is 11.3 Å². The van der Waals surface area contributed by atoms with E-state index in [0.717, 1.165) is 12.6 Å². The van der Waals surface area contributed by atoms with Crippen molar-refractivity contribution in [1.29, 1.82) is 0 Å². The second kappa shape index (κ2) is 7.46. The van der Waals surface area contributed by atoms with Gasteiger partial charge in [0.1, 0.15) is 0 Å². The summed E-state index contributed by atoms with van der Waals surface area (Å²) in [5.41, 5.74) is 1.85. The van der Waals surface area contributed by atoms with Crippen molar-refractivity contribution in [2.24, 2.45) is 0 Å². The highest BCUT2D eigenvalue weighted by molar-refractivity contribution is 7.90. The minimum absolute atomic E-state index is 0.0632. The molecule has 0 aliphatic carbocycles. The molecule has 3 rings (SSSR count). The predicted molar refractivity (Wildman–Crippen MR) is 101 cm³/mol. The van der Waals surface area contributed by atoms with Crippen LogP contribution in [0.3, 0.4) is 0 Å². The number of aromatic nitrogens is 1. The molecule has 1 aromatic heterocycles. The van der Waals surface area contributed by atoms with E-state index in [1.165, 1.54) is 24.3 Å². The summed E-state index contributed by atoms with van der Waals surface area (Å²) < 4.78 is 27.6. The van der Waals surface area contributed by atoms with Crippen molar-refractivity contribution < 1.29 is 18.0 Å². The number of hydrogen-bond donors (Lipinski definition) is 2. The molecule has 0 fully saturated rings. The largest absolute Gasteiger partial charge is 0.324 e. The summed E-state index contributed by atoms with van der Waals surface area (Å²) in [5, 5.41) is 2.70. The molecule has 8 heteroatoms. The Hall–Kier alpha value is -3.39. The standard InChI is InChI=1S/C19H17N3O4S/c1-14(23)21-27(25,26)18-10-6-16(7-11-18)20-19(24)15-4-8-17(9-5-15)22-12-2-3-13-22/h2-13H,1H3,(H,20,24)(H,21,23). The molecule has 2 aromatic carbocycles. The number of hydrogen-bond acceptors (Lipinski definition) is 4. The summed E-state index contributed by atoms with van der Waals surface area (Å²) in [6, 6.07) is 16.5. The molecule has 2 amide bonds. The Morgan fingerprint density at radius 3 is 2.04 bits per heavy atom. The topological polar surface area (TPSA) is 97.3 Å². The van der Waals surface area contributed by atoms with Gasteiger partial charge in [-0.15, -0.1) is 0 Å². The highest BCUT2D eigenvalue weighted by Gasteiger charge is 2.15. The van der Waals surface area contributed by atoms with Crippen molar-refractivity contribution in [2.75, 3.05) is 5.32 Å². The van der Waals surface area contributed by atoms with Gasteiger partial charge in [0.2, 0.25) is 5.91 Å². The Balaban J connectivity index is 1.70. The van der Waals surface area contributed by atoms with Crippen LogP contribution in [0, 0.1) is 0 Å². The number of anilines is 1. The minimum atomic E-state index is -3.90. The van der Waals surface area contributed by atoms with Crippen molar-refractivity contribution in [2.45, 2.75) is 11.8 Å². The van der Waals surface area contributed by atoms with Crippen LogP contribution in [0.1, 0.15) is 17.3 Å². The van der Waals surface area contributed by atoms with Crippen LogP contribution in [0.4, 0.5) is 5.69 Å². The Morgan fingerprint density at radius 2 is 1.48 bits per heavy atom. The Kier molecular flexibility index (Phi) is 5.09. The first kappa shape index (κ1) is 18.4. The second-order valence-electron chi connectivity index (χ2n) is 5.78. The van der Waals surface area contributed by atoms with E-state index in [2.05, 4.69) is 5.32 Å². The summed E-state index contributed by atoms with van der Waals surface area (Å²) in [7, 11) is -3.90. The van der Waals surface area contributed by atoms with Gasteiger partial charge in [-0.2, -0.15) is 0 Å². The average Bonchev–Trinajstić information content (AvgIpc) is 3.16. The van der Waals surface area contributed by atoms with Crippen LogP contribution in [-0.4, -0.2) is 24.8 Å². The van der Waals surface area contributed by atoms with Gasteiger partial charge in [0.05, 0.1) is 4.90 Å². The zero-order valence-electron chi connectivity index (χ0n) is 14.4. The molecule has 0 aliphatic heterocycles. The van der Waals surface area contributed by atoms with Crippen LogP contribution in [0.25, 0.3) is 5.69 Å². The van der Waals surface area contributed by atoms with E-state index in [9.17, 15) is 18.0 Å². The highest BCUT2D eigenvalue weighted by Crippen LogP contribution is 2.16. The first-order valence-electron chi connectivity index (χ1n) is 8.03. The normalized spacial score (nSPS) is 11.0. The lowest BCUT2D eigenvalue weighted by Gasteiger charge is -2.08. The fourth-order valence-electron chi connectivity index (χ4n) is 2.46. The van der Waals surface area contributed by atoms with Gasteiger partial charge in [0.25, 0.3) is 15.9 Å². The first-order valence-corrected chi connectivity index (χ1v) is 9.52. The predicted octanol–water partition coefficient (Wildman–Crippen LogP) is 2.55. The number of amides is 2. The molecule has 0 saturated carbocycles. The lowest BCUT2D eigenvalue weighted by molar-refractivity contribution is -0.117. The van der Waals surface area contributed by atoms with Crippen LogP contribution in [0.5, 0.6) is 0 Å². The number of carbonyl (C=O) groups excluding carboxylic acids is 2. The molecule has 0 unspecified atom stereocenters. The summed E-state index contributed by atoms with van der Waals surface area (Å²) in [5.74, 6) is -0.984. The van der Waals surface area contributed by atoms with Crippen molar-refractivity contribution in [3.63, 3.8) is 0 Å². The fraction of sp³-hybridized carbons (Fsp3) is 0.0526. The van der Waals surface area contributed by atoms with E-state index in [1.54, 1.807) is 12.1 Å². The number of carbonyl (C=O) groups is 2. The van der Waals surface area contributed by atoms with E-state index in [4.69, 9.17) is 0 Å². The Morgan fingerprint density at radius 1 is 0.889 bits per heavy atom. The molecular formula is C19H17N3O4S. The van der Waals surface area contributed by atoms with Gasteiger partial charge in [-0.3, -0.25) is 9.59 Å². The van der Waals surface area contributed by atoms with Crippen molar-refractivity contribution in [1.82, 2.24) is 9.29 Å². The zero-order chi connectivity index (χ0) is 19.4. The zero-order valence-corrected chi connectivity index (χ0v) is 15.2. The quantitative estimate of drug-likeness (QED) is 0.708. The van der Waals surface area contributed by atoms with E-state index in [1.807, 2.05) is 45.9 Å². The summed E-state index contributed by atoms with van der Waals surface area (Å²) >= 11 is 0. The lowest BCUT2D eigenvalue weighted by atomic mass is 10.2. The molecule has 27 heavy (non-hydrogen) atoms. The first-order chi connectivity index (χ1) is 12.8. The molecule has 0 radical (unpaired) electrons. The number of rotatable bonds is 5. The van der Waals surface area contributed by atoms with Crippen LogP contribution in [0.15, 0.2) is 78.0 Å². The maximum absolute atomic E-state index is 12.3. The van der Waals surface area contributed by atoms with E-state index in [-0.39, 0.29) is 10.8 Å². The Labute approximate surface area is 156 Å². The highest BCUT2D eigenvalue weighted by atomic mass is 32.2. The van der Waals surface area contributed by atoms with Crippen LogP contribution < -0.4 is 10.0 Å². The molecular weight excluding hydrogens is 366 g/mol. The Bertz CT molecular complexity index is 1060. The number of benzene rings is 2. The van der Waals surface area contributed by atoms with Gasteiger partial charge in [-0.25, -0.2) is 13.1 Å². The van der Waals surface area contributed by atoms with Gasteiger partial charge in [-0.05, 0) is 60.7 Å². The number of nitrogens with zero attached hydrogens (tertiary/aromatic N) is 1. The third-order valence-corrected chi connectivity index (χ3v) is 5.18. The molecule has 7 nitrogen and oxygen atoms in total. The molecule has 0 aliphatic rings. The van der Waals surface area contributed by atoms with Crippen molar-refractivity contribution in [3.05, 3.63) is 78.6 Å². The summed E-state index contributed by atoms with van der Waals surface area (Å²) in [6.45, 7) is 1.12. The fourth-order valence-corrected chi connectivity index (χ4v) is 3.45. The van der Waals surface area contributed by atoms with Crippen molar-refractivity contribution in [3.8, 4) is 5.69 Å². The molecule has 0 atom stereocenters. The van der Waals surface area contributed by atoms with Gasteiger partial charge >= 0.3 is 0 Å². The van der Waals surface area contributed by atoms with Gasteiger partial charge in [-0.1, -0.05) is 0 Å². The summed E-state index contributed by atoms with van der Waals surface area (Å²) in [4.78, 5) is 23.2. The molecule has 0 bridgehead atoms. The van der Waals surface area contributed by atoms with Crippen LogP contribution in [-0.2, 0) is 14.8 Å². The third kappa shape index (κ3) is 4.42. The molecule has 0 spiro atoms. The van der Waals surface area contributed by atoms with E-state index >= 15 is 0 Å². The molecule has 1 heterocycles. The SMILES string of the molecule is CC(=O)NS(=O)(=O)c1ccc(NC(=O)c2ccc(-n3cccc3)cc2)cc1. The third-order valence-electron chi connectivity index (χ3n) is 3.73. The average molecular weight is 383 g/mol. The number of nitrogens with one attached hydrogen (secondary N) is 2. The van der Waals surface area contributed by atoms with Gasteiger partial charge in [0.15, 0.2) is 0 Å². The van der Waals surface area contributed by atoms with Gasteiger partial charge < -0.3 is 9.88 Å². The molecule has 0 saturated heterocycles. The lowest BCUT2D eigenvalue weighted by Crippen LogP contribution is -2.28. The number of sulfonamides is 1. The maximum atomic E-state index is 12.3. The molecule has 138 valence electrons. The molecule has 3 aromatic rings. The smallest absolute Gasteiger partial charge is 0.264 e. The van der Waals surface area contributed by atoms with Crippen LogP contribution >= 0.6 is 0 Å². The minimum Gasteiger partial charge on any atom is -0.324 e. The summed E-state index contributed by atoms with van der Waals surface area (Å²) in [6.07, 6.45) is 3.82. The van der Waals surface area contributed by atoms with Crippen LogP contribution in [0.2, 0.25) is 0 Å². The maximum Gasteiger partial charge on any atom is 0.264 e.